The normalized spacial score (nSPS) is 12.6. The van der Waals surface area contributed by atoms with Gasteiger partial charge in [0.15, 0.2) is 0 Å². The fourth-order valence-electron chi connectivity index (χ4n) is 2.90. The molecule has 0 bridgehead atoms. The molecule has 0 fully saturated rings. The van der Waals surface area contributed by atoms with E-state index in [-0.39, 0.29) is 11.8 Å². The molecular weight excluding hydrogens is 372 g/mol. The number of hydrogen-bond donors (Lipinski definition) is 2. The van der Waals surface area contributed by atoms with Crippen molar-refractivity contribution in [3.8, 4) is 5.75 Å². The molecular formula is C22H18N2O3S. The van der Waals surface area contributed by atoms with E-state index < -0.39 is 0 Å². The second kappa shape index (κ2) is 8.19. The van der Waals surface area contributed by atoms with Gasteiger partial charge in [0.2, 0.25) is 5.91 Å². The number of nitrogens with one attached hydrogen (secondary N) is 2. The van der Waals surface area contributed by atoms with Crippen molar-refractivity contribution in [1.29, 1.82) is 0 Å². The van der Waals surface area contributed by atoms with Crippen molar-refractivity contribution in [2.45, 2.75) is 11.5 Å². The van der Waals surface area contributed by atoms with Crippen molar-refractivity contribution in [2.75, 3.05) is 16.4 Å². The molecule has 3 aromatic carbocycles. The minimum absolute atomic E-state index is 0.0376. The van der Waals surface area contributed by atoms with Gasteiger partial charge in [0.25, 0.3) is 5.91 Å². The van der Waals surface area contributed by atoms with Crippen LogP contribution in [0.2, 0.25) is 0 Å². The van der Waals surface area contributed by atoms with Crippen LogP contribution in [-0.4, -0.2) is 17.6 Å². The van der Waals surface area contributed by atoms with Gasteiger partial charge in [0, 0.05) is 21.7 Å². The maximum Gasteiger partial charge on any atom is 0.256 e. The number of thioether (sulfide) groups is 1. The average Bonchev–Trinajstić information content (AvgIpc) is 2.73. The lowest BCUT2D eigenvalue weighted by atomic mass is 10.1. The standard InChI is InChI=1S/C22H18N2O3S/c25-21-14-28-20-11-10-16(12-19(20)24-21)23-22(26)18-9-5-4-6-15(18)13-27-17-7-2-1-3-8-17/h1-12H,13-14H2,(H,23,26)(H,24,25). The first-order valence-electron chi connectivity index (χ1n) is 8.83. The highest BCUT2D eigenvalue weighted by Gasteiger charge is 2.17. The van der Waals surface area contributed by atoms with E-state index in [0.717, 1.165) is 21.9 Å². The quantitative estimate of drug-likeness (QED) is 0.670. The van der Waals surface area contributed by atoms with Gasteiger partial charge in [0.05, 0.1) is 11.4 Å². The molecule has 2 amide bonds. The Morgan fingerprint density at radius 1 is 1.04 bits per heavy atom. The van der Waals surface area contributed by atoms with Gasteiger partial charge in [-0.3, -0.25) is 9.59 Å². The summed E-state index contributed by atoms with van der Waals surface area (Å²) < 4.78 is 5.79. The summed E-state index contributed by atoms with van der Waals surface area (Å²) in [5.74, 6) is 0.903. The van der Waals surface area contributed by atoms with Crippen molar-refractivity contribution in [3.05, 3.63) is 83.9 Å². The summed E-state index contributed by atoms with van der Waals surface area (Å²) in [6.45, 7) is 0.296. The van der Waals surface area contributed by atoms with E-state index in [1.807, 2.05) is 60.7 Å². The molecule has 0 aliphatic carbocycles. The molecule has 0 aromatic heterocycles. The molecule has 3 aromatic rings. The maximum absolute atomic E-state index is 12.8. The predicted octanol–water partition coefficient (Wildman–Crippen LogP) is 4.56. The van der Waals surface area contributed by atoms with Crippen LogP contribution in [-0.2, 0) is 11.4 Å². The molecule has 1 heterocycles. The monoisotopic (exact) mass is 390 g/mol. The molecule has 0 spiro atoms. The van der Waals surface area contributed by atoms with Gasteiger partial charge in [-0.2, -0.15) is 0 Å². The van der Waals surface area contributed by atoms with Crippen LogP contribution in [0, 0.1) is 0 Å². The van der Waals surface area contributed by atoms with Crippen LogP contribution in [0.4, 0.5) is 11.4 Å². The number of carbonyl (C=O) groups is 2. The minimum Gasteiger partial charge on any atom is -0.489 e. The number of benzene rings is 3. The molecule has 0 unspecified atom stereocenters. The van der Waals surface area contributed by atoms with E-state index in [2.05, 4.69) is 10.6 Å². The first-order chi connectivity index (χ1) is 13.7. The van der Waals surface area contributed by atoms with Gasteiger partial charge in [0.1, 0.15) is 12.4 Å². The second-order valence-corrected chi connectivity index (χ2v) is 7.28. The molecule has 0 atom stereocenters. The zero-order chi connectivity index (χ0) is 19.3. The molecule has 28 heavy (non-hydrogen) atoms. The summed E-state index contributed by atoms with van der Waals surface area (Å²) in [5.41, 5.74) is 2.70. The summed E-state index contributed by atoms with van der Waals surface area (Å²) in [6.07, 6.45) is 0. The van der Waals surface area contributed by atoms with Crippen molar-refractivity contribution in [1.82, 2.24) is 0 Å². The summed E-state index contributed by atoms with van der Waals surface area (Å²) >= 11 is 1.49. The van der Waals surface area contributed by atoms with E-state index >= 15 is 0 Å². The van der Waals surface area contributed by atoms with E-state index in [0.29, 0.717) is 23.6 Å². The Balaban J connectivity index is 1.49. The molecule has 6 heteroatoms. The molecule has 5 nitrogen and oxygen atoms in total. The van der Waals surface area contributed by atoms with E-state index in [9.17, 15) is 9.59 Å². The third kappa shape index (κ3) is 4.18. The third-order valence-electron chi connectivity index (χ3n) is 4.27. The molecule has 0 saturated heterocycles. The first-order valence-corrected chi connectivity index (χ1v) is 9.81. The Hall–Kier alpha value is -3.25. The fourth-order valence-corrected chi connectivity index (χ4v) is 3.69. The number of fused-ring (bicyclic) bond motifs is 1. The lowest BCUT2D eigenvalue weighted by Crippen LogP contribution is -2.19. The largest absolute Gasteiger partial charge is 0.489 e. The van der Waals surface area contributed by atoms with Crippen molar-refractivity contribution < 1.29 is 14.3 Å². The molecule has 1 aliphatic rings. The SMILES string of the molecule is O=C1CSc2ccc(NC(=O)c3ccccc3COc3ccccc3)cc2N1. The molecule has 0 saturated carbocycles. The maximum atomic E-state index is 12.8. The van der Waals surface area contributed by atoms with Crippen LogP contribution in [0.15, 0.2) is 77.7 Å². The highest BCUT2D eigenvalue weighted by atomic mass is 32.2. The number of carbonyl (C=O) groups excluding carboxylic acids is 2. The van der Waals surface area contributed by atoms with Crippen LogP contribution in [0.3, 0.4) is 0 Å². The van der Waals surface area contributed by atoms with Crippen LogP contribution >= 0.6 is 11.8 Å². The van der Waals surface area contributed by atoms with E-state index in [1.54, 1.807) is 12.1 Å². The highest BCUT2D eigenvalue weighted by molar-refractivity contribution is 8.00. The van der Waals surface area contributed by atoms with E-state index in [4.69, 9.17) is 4.74 Å². The average molecular weight is 390 g/mol. The van der Waals surface area contributed by atoms with Gasteiger partial charge in [-0.25, -0.2) is 0 Å². The van der Waals surface area contributed by atoms with Crippen LogP contribution < -0.4 is 15.4 Å². The number of hydrogen-bond acceptors (Lipinski definition) is 4. The third-order valence-corrected chi connectivity index (χ3v) is 5.34. The van der Waals surface area contributed by atoms with Crippen molar-refractivity contribution >= 4 is 35.0 Å². The van der Waals surface area contributed by atoms with Crippen LogP contribution in [0.25, 0.3) is 0 Å². The summed E-state index contributed by atoms with van der Waals surface area (Å²) in [4.78, 5) is 25.4. The van der Waals surface area contributed by atoms with Gasteiger partial charge in [-0.1, -0.05) is 36.4 Å². The molecule has 1 aliphatic heterocycles. The Bertz CT molecular complexity index is 1020. The number of ether oxygens (including phenoxy) is 1. The molecule has 140 valence electrons. The van der Waals surface area contributed by atoms with Crippen LogP contribution in [0.1, 0.15) is 15.9 Å². The molecule has 2 N–H and O–H groups in total. The Kier molecular flexibility index (Phi) is 5.30. The van der Waals surface area contributed by atoms with Gasteiger partial charge in [-0.05, 0) is 36.4 Å². The van der Waals surface area contributed by atoms with Gasteiger partial charge >= 0.3 is 0 Å². The van der Waals surface area contributed by atoms with Crippen molar-refractivity contribution in [3.63, 3.8) is 0 Å². The second-order valence-electron chi connectivity index (χ2n) is 6.26. The highest BCUT2D eigenvalue weighted by Crippen LogP contribution is 2.33. The zero-order valence-electron chi connectivity index (χ0n) is 15.0. The number of amides is 2. The zero-order valence-corrected chi connectivity index (χ0v) is 15.8. The van der Waals surface area contributed by atoms with Crippen molar-refractivity contribution in [2.24, 2.45) is 0 Å². The molecule has 4 rings (SSSR count). The lowest BCUT2D eigenvalue weighted by Gasteiger charge is -2.17. The van der Waals surface area contributed by atoms with E-state index in [1.165, 1.54) is 11.8 Å². The summed E-state index contributed by atoms with van der Waals surface area (Å²) in [5, 5.41) is 5.74. The fraction of sp³-hybridized carbons (Fsp3) is 0.0909. The lowest BCUT2D eigenvalue weighted by molar-refractivity contribution is -0.113. The first kappa shape index (κ1) is 18.1. The number of anilines is 2. The number of rotatable bonds is 5. The summed E-state index contributed by atoms with van der Waals surface area (Å²) in [6, 6.07) is 22.4. The predicted molar refractivity (Wildman–Crippen MR) is 111 cm³/mol. The topological polar surface area (TPSA) is 67.4 Å². The Morgan fingerprint density at radius 3 is 2.68 bits per heavy atom. The Labute approximate surface area is 167 Å². The Morgan fingerprint density at radius 2 is 1.82 bits per heavy atom. The van der Waals surface area contributed by atoms with Crippen LogP contribution in [0.5, 0.6) is 5.75 Å². The smallest absolute Gasteiger partial charge is 0.256 e. The minimum atomic E-state index is -0.220. The van der Waals surface area contributed by atoms with Gasteiger partial charge < -0.3 is 15.4 Å². The van der Waals surface area contributed by atoms with Gasteiger partial charge in [-0.15, -0.1) is 11.8 Å². The molecule has 0 radical (unpaired) electrons. The number of para-hydroxylation sites is 1. The summed E-state index contributed by atoms with van der Waals surface area (Å²) in [7, 11) is 0.